The van der Waals surface area contributed by atoms with Gasteiger partial charge in [0.2, 0.25) is 5.91 Å². The predicted molar refractivity (Wildman–Crippen MR) is 91.1 cm³/mol. The van der Waals surface area contributed by atoms with E-state index in [9.17, 15) is 14.9 Å². The molecule has 2 aromatic rings. The molecule has 0 aromatic heterocycles. The lowest BCUT2D eigenvalue weighted by molar-refractivity contribution is -0.384. The second-order valence-electron chi connectivity index (χ2n) is 5.47. The van der Waals surface area contributed by atoms with Gasteiger partial charge in [0.15, 0.2) is 0 Å². The molecule has 2 aromatic carbocycles. The number of benzene rings is 2. The molecule has 0 aliphatic carbocycles. The summed E-state index contributed by atoms with van der Waals surface area (Å²) in [5, 5.41) is 10.8. The zero-order chi connectivity index (χ0) is 16.4. The Labute approximate surface area is 138 Å². The molecular formula is C17H16N2O3S. The van der Waals surface area contributed by atoms with E-state index in [0.717, 1.165) is 16.1 Å². The van der Waals surface area contributed by atoms with Crippen molar-refractivity contribution in [2.45, 2.75) is 18.2 Å². The lowest BCUT2D eigenvalue weighted by Crippen LogP contribution is -2.30. The first kappa shape index (κ1) is 15.6. The van der Waals surface area contributed by atoms with Gasteiger partial charge in [-0.2, -0.15) is 0 Å². The molecule has 1 heterocycles. The minimum absolute atomic E-state index is 0.0307. The van der Waals surface area contributed by atoms with Crippen LogP contribution in [-0.4, -0.2) is 23.1 Å². The first-order chi connectivity index (χ1) is 11.0. The molecule has 0 fully saturated rings. The van der Waals surface area contributed by atoms with E-state index >= 15 is 0 Å². The molecule has 1 aliphatic heterocycles. The van der Waals surface area contributed by atoms with Crippen LogP contribution in [0.1, 0.15) is 11.1 Å². The van der Waals surface area contributed by atoms with Gasteiger partial charge in [-0.3, -0.25) is 14.9 Å². The first-order valence-corrected chi connectivity index (χ1v) is 8.30. The summed E-state index contributed by atoms with van der Waals surface area (Å²) in [5.41, 5.74) is 2.93. The van der Waals surface area contributed by atoms with Crippen LogP contribution in [-0.2, 0) is 11.2 Å². The molecule has 118 valence electrons. The molecule has 0 bridgehead atoms. The molecule has 0 saturated heterocycles. The van der Waals surface area contributed by atoms with E-state index in [1.807, 2.05) is 31.2 Å². The number of fused-ring (bicyclic) bond motifs is 1. The third-order valence-corrected chi connectivity index (χ3v) is 4.85. The normalized spacial score (nSPS) is 13.0. The number of aryl methyl sites for hydroxylation is 1. The minimum Gasteiger partial charge on any atom is -0.311 e. The molecule has 3 rings (SSSR count). The Morgan fingerprint density at radius 1 is 1.26 bits per heavy atom. The maximum atomic E-state index is 12.4. The van der Waals surface area contributed by atoms with Crippen molar-refractivity contribution >= 4 is 29.0 Å². The van der Waals surface area contributed by atoms with Gasteiger partial charge in [0.05, 0.1) is 10.7 Å². The highest BCUT2D eigenvalue weighted by Gasteiger charge is 2.26. The summed E-state index contributed by atoms with van der Waals surface area (Å²) in [7, 11) is 0. The van der Waals surface area contributed by atoms with E-state index in [0.29, 0.717) is 18.7 Å². The monoisotopic (exact) mass is 328 g/mol. The number of hydrogen-bond acceptors (Lipinski definition) is 4. The zero-order valence-corrected chi connectivity index (χ0v) is 13.5. The van der Waals surface area contributed by atoms with Crippen molar-refractivity contribution in [3.05, 3.63) is 63.7 Å². The Balaban J connectivity index is 1.68. The molecule has 0 radical (unpaired) electrons. The van der Waals surface area contributed by atoms with Crippen LogP contribution in [0, 0.1) is 17.0 Å². The van der Waals surface area contributed by atoms with E-state index < -0.39 is 4.92 Å². The van der Waals surface area contributed by atoms with E-state index in [-0.39, 0.29) is 11.6 Å². The summed E-state index contributed by atoms with van der Waals surface area (Å²) >= 11 is 1.51. The third-order valence-electron chi connectivity index (χ3n) is 3.85. The van der Waals surface area contributed by atoms with Crippen LogP contribution in [0.25, 0.3) is 0 Å². The maximum Gasteiger partial charge on any atom is 0.269 e. The average Bonchev–Trinajstić information content (AvgIpc) is 2.97. The third kappa shape index (κ3) is 3.37. The fourth-order valence-corrected chi connectivity index (χ4v) is 3.39. The topological polar surface area (TPSA) is 63.5 Å². The fourth-order valence-electron chi connectivity index (χ4n) is 2.62. The fraction of sp³-hybridized carbons (Fsp3) is 0.235. The average molecular weight is 328 g/mol. The van der Waals surface area contributed by atoms with E-state index in [4.69, 9.17) is 0 Å². The van der Waals surface area contributed by atoms with Gasteiger partial charge in [-0.15, -0.1) is 11.8 Å². The molecule has 0 unspecified atom stereocenters. The Morgan fingerprint density at radius 3 is 2.70 bits per heavy atom. The summed E-state index contributed by atoms with van der Waals surface area (Å²) in [6.07, 6.45) is 0.665. The molecule has 1 aliphatic rings. The predicted octanol–water partition coefficient (Wildman–Crippen LogP) is 3.58. The number of anilines is 1. The van der Waals surface area contributed by atoms with E-state index in [1.165, 1.54) is 23.4 Å². The number of carbonyl (C=O) groups is 1. The second-order valence-corrected chi connectivity index (χ2v) is 6.52. The van der Waals surface area contributed by atoms with Crippen LogP contribution in [0.15, 0.2) is 47.4 Å². The summed E-state index contributed by atoms with van der Waals surface area (Å²) in [4.78, 5) is 25.6. The van der Waals surface area contributed by atoms with Gasteiger partial charge in [-0.1, -0.05) is 17.7 Å². The highest BCUT2D eigenvalue weighted by molar-refractivity contribution is 8.00. The number of nitrogens with zero attached hydrogens (tertiary/aromatic N) is 2. The molecule has 23 heavy (non-hydrogen) atoms. The number of amides is 1. The Morgan fingerprint density at radius 2 is 2.00 bits per heavy atom. The summed E-state index contributed by atoms with van der Waals surface area (Å²) in [6, 6.07) is 12.8. The summed E-state index contributed by atoms with van der Waals surface area (Å²) in [5.74, 6) is 0.391. The van der Waals surface area contributed by atoms with Crippen LogP contribution in [0.3, 0.4) is 0 Å². The van der Waals surface area contributed by atoms with E-state index in [1.54, 1.807) is 17.0 Å². The molecule has 0 spiro atoms. The Kier molecular flexibility index (Phi) is 4.34. The number of rotatable bonds is 4. The lowest BCUT2D eigenvalue weighted by Gasteiger charge is -2.17. The summed E-state index contributed by atoms with van der Waals surface area (Å²) in [6.45, 7) is 2.61. The van der Waals surface area contributed by atoms with Gasteiger partial charge in [0, 0.05) is 29.3 Å². The number of non-ortho nitro benzene ring substituents is 1. The van der Waals surface area contributed by atoms with Gasteiger partial charge in [-0.05, 0) is 37.1 Å². The van der Waals surface area contributed by atoms with Crippen LogP contribution in [0.4, 0.5) is 11.4 Å². The SMILES string of the molecule is Cc1ccc(SCC(=O)N2CCc3cc([N+](=O)[O-])ccc32)cc1. The number of nitro benzene ring substituents is 1. The molecule has 5 nitrogen and oxygen atoms in total. The van der Waals surface area contributed by atoms with E-state index in [2.05, 4.69) is 0 Å². The van der Waals surface area contributed by atoms with Crippen molar-refractivity contribution in [2.75, 3.05) is 17.2 Å². The van der Waals surface area contributed by atoms with Gasteiger partial charge in [0.1, 0.15) is 0 Å². The van der Waals surface area contributed by atoms with Crippen LogP contribution >= 0.6 is 11.8 Å². The number of hydrogen-bond donors (Lipinski definition) is 0. The lowest BCUT2D eigenvalue weighted by atomic mass is 10.1. The largest absolute Gasteiger partial charge is 0.311 e. The van der Waals surface area contributed by atoms with Crippen molar-refractivity contribution in [1.29, 1.82) is 0 Å². The van der Waals surface area contributed by atoms with Crippen molar-refractivity contribution in [1.82, 2.24) is 0 Å². The number of nitro groups is 1. The van der Waals surface area contributed by atoms with Crippen LogP contribution in [0.2, 0.25) is 0 Å². The van der Waals surface area contributed by atoms with Gasteiger partial charge in [0.25, 0.3) is 5.69 Å². The summed E-state index contributed by atoms with van der Waals surface area (Å²) < 4.78 is 0. The molecular weight excluding hydrogens is 312 g/mol. The van der Waals surface area contributed by atoms with Crippen molar-refractivity contribution in [2.24, 2.45) is 0 Å². The standard InChI is InChI=1S/C17H16N2O3S/c1-12-2-5-15(6-3-12)23-11-17(20)18-9-8-13-10-14(19(21)22)4-7-16(13)18/h2-7,10H,8-9,11H2,1H3. The highest BCUT2D eigenvalue weighted by atomic mass is 32.2. The maximum absolute atomic E-state index is 12.4. The Hall–Kier alpha value is -2.34. The molecule has 0 N–H and O–H groups in total. The Bertz CT molecular complexity index is 759. The quantitative estimate of drug-likeness (QED) is 0.489. The number of carbonyl (C=O) groups excluding carboxylic acids is 1. The highest BCUT2D eigenvalue weighted by Crippen LogP contribution is 2.32. The van der Waals surface area contributed by atoms with Crippen LogP contribution in [0.5, 0.6) is 0 Å². The number of thioether (sulfide) groups is 1. The zero-order valence-electron chi connectivity index (χ0n) is 12.7. The molecule has 6 heteroatoms. The molecule has 0 atom stereocenters. The minimum atomic E-state index is -0.405. The van der Waals surface area contributed by atoms with Crippen molar-refractivity contribution in [3.63, 3.8) is 0 Å². The smallest absolute Gasteiger partial charge is 0.269 e. The first-order valence-electron chi connectivity index (χ1n) is 7.32. The van der Waals surface area contributed by atoms with Gasteiger partial charge in [-0.25, -0.2) is 0 Å². The van der Waals surface area contributed by atoms with Crippen molar-refractivity contribution < 1.29 is 9.72 Å². The molecule has 0 saturated carbocycles. The van der Waals surface area contributed by atoms with Crippen molar-refractivity contribution in [3.8, 4) is 0 Å². The van der Waals surface area contributed by atoms with Crippen LogP contribution < -0.4 is 4.90 Å². The molecule has 1 amide bonds. The van der Waals surface area contributed by atoms with Gasteiger partial charge >= 0.3 is 0 Å². The second kappa shape index (κ2) is 6.42. The van der Waals surface area contributed by atoms with Gasteiger partial charge < -0.3 is 4.90 Å².